The van der Waals surface area contributed by atoms with Gasteiger partial charge in [-0.1, -0.05) is 18.2 Å². The third-order valence-corrected chi connectivity index (χ3v) is 3.85. The molecule has 0 aliphatic carbocycles. The summed E-state index contributed by atoms with van der Waals surface area (Å²) in [4.78, 5) is 47.4. The van der Waals surface area contributed by atoms with Crippen molar-refractivity contribution in [3.63, 3.8) is 0 Å². The summed E-state index contributed by atoms with van der Waals surface area (Å²) in [6.45, 7) is 1.03. The summed E-state index contributed by atoms with van der Waals surface area (Å²) in [5.74, 6) is -1.15. The van der Waals surface area contributed by atoms with Crippen LogP contribution in [0.3, 0.4) is 0 Å². The zero-order valence-electron chi connectivity index (χ0n) is 16.6. The Labute approximate surface area is 173 Å². The maximum atomic E-state index is 12.0. The van der Waals surface area contributed by atoms with E-state index in [0.717, 1.165) is 0 Å². The monoisotopic (exact) mass is 413 g/mol. The number of carbonyl (C=O) groups excluding carboxylic acids is 4. The number of methoxy groups -OCH3 is 1. The lowest BCUT2D eigenvalue weighted by Gasteiger charge is -2.13. The normalized spacial score (nSPS) is 11.0. The SMILES string of the molecule is COc1ccc(NC(=O)NC(=O)COC(=O)CC(C)NC(=O)c2ccccc2)cc1. The van der Waals surface area contributed by atoms with E-state index in [1.807, 2.05) is 0 Å². The molecule has 9 nitrogen and oxygen atoms in total. The van der Waals surface area contributed by atoms with Crippen LogP contribution in [0.4, 0.5) is 10.5 Å². The van der Waals surface area contributed by atoms with Gasteiger partial charge in [-0.05, 0) is 43.3 Å². The second kappa shape index (κ2) is 11.2. The summed E-state index contributed by atoms with van der Waals surface area (Å²) < 4.78 is 9.85. The Kier molecular flexibility index (Phi) is 8.37. The molecule has 2 rings (SSSR count). The number of rotatable bonds is 8. The Morgan fingerprint density at radius 1 is 0.967 bits per heavy atom. The summed E-state index contributed by atoms with van der Waals surface area (Å²) in [5, 5.41) is 7.19. The van der Waals surface area contributed by atoms with E-state index in [-0.39, 0.29) is 12.3 Å². The van der Waals surface area contributed by atoms with Crippen molar-refractivity contribution >= 4 is 29.5 Å². The van der Waals surface area contributed by atoms with Gasteiger partial charge in [-0.2, -0.15) is 0 Å². The highest BCUT2D eigenvalue weighted by Crippen LogP contribution is 2.14. The first-order chi connectivity index (χ1) is 14.4. The Hall–Kier alpha value is -3.88. The summed E-state index contributed by atoms with van der Waals surface area (Å²) in [5.41, 5.74) is 0.932. The van der Waals surface area contributed by atoms with Gasteiger partial charge in [0, 0.05) is 17.3 Å². The lowest BCUT2D eigenvalue weighted by Crippen LogP contribution is -2.38. The number of ether oxygens (including phenoxy) is 2. The van der Waals surface area contributed by atoms with Gasteiger partial charge in [-0.3, -0.25) is 19.7 Å². The summed E-state index contributed by atoms with van der Waals surface area (Å²) in [6, 6.07) is 13.8. The Balaban J connectivity index is 1.68. The van der Waals surface area contributed by atoms with E-state index in [1.54, 1.807) is 61.5 Å². The quantitative estimate of drug-likeness (QED) is 0.570. The van der Waals surface area contributed by atoms with Crippen LogP contribution in [0.15, 0.2) is 54.6 Å². The molecule has 9 heteroatoms. The maximum Gasteiger partial charge on any atom is 0.325 e. The van der Waals surface area contributed by atoms with E-state index in [4.69, 9.17) is 9.47 Å². The van der Waals surface area contributed by atoms with E-state index < -0.39 is 30.6 Å². The van der Waals surface area contributed by atoms with E-state index in [0.29, 0.717) is 17.0 Å². The third-order valence-electron chi connectivity index (χ3n) is 3.85. The molecule has 30 heavy (non-hydrogen) atoms. The Bertz CT molecular complexity index is 883. The van der Waals surface area contributed by atoms with E-state index in [1.165, 1.54) is 7.11 Å². The first kappa shape index (κ1) is 22.4. The van der Waals surface area contributed by atoms with Gasteiger partial charge in [-0.15, -0.1) is 0 Å². The largest absolute Gasteiger partial charge is 0.497 e. The van der Waals surface area contributed by atoms with Crippen LogP contribution in [-0.2, 0) is 14.3 Å². The maximum absolute atomic E-state index is 12.0. The molecule has 0 saturated heterocycles. The van der Waals surface area contributed by atoms with Crippen LogP contribution in [0, 0.1) is 0 Å². The molecule has 1 atom stereocenters. The molecule has 0 aliphatic heterocycles. The number of hydrogen-bond donors (Lipinski definition) is 3. The second-order valence-corrected chi connectivity index (χ2v) is 6.34. The highest BCUT2D eigenvalue weighted by molar-refractivity contribution is 6.01. The van der Waals surface area contributed by atoms with Gasteiger partial charge in [0.05, 0.1) is 13.5 Å². The molecule has 2 aromatic rings. The Morgan fingerprint density at radius 2 is 1.63 bits per heavy atom. The molecule has 2 aromatic carbocycles. The molecule has 0 aliphatic rings. The lowest BCUT2D eigenvalue weighted by atomic mass is 10.2. The molecule has 0 saturated carbocycles. The number of carbonyl (C=O) groups is 4. The van der Waals surface area contributed by atoms with Crippen molar-refractivity contribution in [2.24, 2.45) is 0 Å². The number of benzene rings is 2. The smallest absolute Gasteiger partial charge is 0.325 e. The van der Waals surface area contributed by atoms with Crippen LogP contribution in [0.2, 0.25) is 0 Å². The fraction of sp³-hybridized carbons (Fsp3) is 0.238. The van der Waals surface area contributed by atoms with Crippen LogP contribution in [-0.4, -0.2) is 43.6 Å². The molecular weight excluding hydrogens is 390 g/mol. The molecule has 0 radical (unpaired) electrons. The molecule has 4 amide bonds. The van der Waals surface area contributed by atoms with Crippen LogP contribution in [0.25, 0.3) is 0 Å². The number of anilines is 1. The molecule has 1 unspecified atom stereocenters. The van der Waals surface area contributed by atoms with Crippen molar-refractivity contribution in [1.82, 2.24) is 10.6 Å². The van der Waals surface area contributed by atoms with E-state index in [2.05, 4.69) is 16.0 Å². The third kappa shape index (κ3) is 7.63. The van der Waals surface area contributed by atoms with Crippen LogP contribution < -0.4 is 20.7 Å². The average molecular weight is 413 g/mol. The molecular formula is C21H23N3O6. The first-order valence-corrected chi connectivity index (χ1v) is 9.14. The zero-order valence-corrected chi connectivity index (χ0v) is 16.6. The van der Waals surface area contributed by atoms with Crippen molar-refractivity contribution in [3.8, 4) is 5.75 Å². The summed E-state index contributed by atoms with van der Waals surface area (Å²) >= 11 is 0. The van der Waals surface area contributed by atoms with Gasteiger partial charge in [-0.25, -0.2) is 4.79 Å². The van der Waals surface area contributed by atoms with Crippen LogP contribution in [0.1, 0.15) is 23.7 Å². The zero-order chi connectivity index (χ0) is 21.9. The van der Waals surface area contributed by atoms with Crippen molar-refractivity contribution in [2.45, 2.75) is 19.4 Å². The van der Waals surface area contributed by atoms with Gasteiger partial charge in [0.15, 0.2) is 6.61 Å². The van der Waals surface area contributed by atoms with Crippen LogP contribution >= 0.6 is 0 Å². The molecule has 0 bridgehead atoms. The van der Waals surface area contributed by atoms with Crippen molar-refractivity contribution in [1.29, 1.82) is 0 Å². The predicted molar refractivity (Wildman–Crippen MR) is 109 cm³/mol. The Morgan fingerprint density at radius 3 is 2.27 bits per heavy atom. The standard InChI is InChI=1S/C21H23N3O6/c1-14(22-20(27)15-6-4-3-5-7-15)12-19(26)30-13-18(25)24-21(28)23-16-8-10-17(29-2)11-9-16/h3-11,14H,12-13H2,1-2H3,(H,22,27)(H2,23,24,25,28). The minimum atomic E-state index is -0.782. The van der Waals surface area contributed by atoms with Gasteiger partial charge in [0.2, 0.25) is 0 Å². The van der Waals surface area contributed by atoms with E-state index in [9.17, 15) is 19.2 Å². The number of urea groups is 1. The number of esters is 1. The van der Waals surface area contributed by atoms with Gasteiger partial charge >= 0.3 is 12.0 Å². The van der Waals surface area contributed by atoms with Crippen molar-refractivity contribution < 1.29 is 28.7 Å². The highest BCUT2D eigenvalue weighted by atomic mass is 16.5. The first-order valence-electron chi connectivity index (χ1n) is 9.14. The van der Waals surface area contributed by atoms with Gasteiger partial charge in [0.1, 0.15) is 5.75 Å². The van der Waals surface area contributed by atoms with Crippen molar-refractivity contribution in [2.75, 3.05) is 19.0 Å². The fourth-order valence-corrected chi connectivity index (χ4v) is 2.40. The van der Waals surface area contributed by atoms with Crippen molar-refractivity contribution in [3.05, 3.63) is 60.2 Å². The number of nitrogens with one attached hydrogen (secondary N) is 3. The number of imide groups is 1. The molecule has 0 aromatic heterocycles. The summed E-state index contributed by atoms with van der Waals surface area (Å²) in [6.07, 6.45) is -0.121. The average Bonchev–Trinajstić information content (AvgIpc) is 2.73. The minimum absolute atomic E-state index is 0.121. The van der Waals surface area contributed by atoms with E-state index >= 15 is 0 Å². The summed E-state index contributed by atoms with van der Waals surface area (Å²) in [7, 11) is 1.52. The van der Waals surface area contributed by atoms with Gasteiger partial charge < -0.3 is 20.1 Å². The molecule has 0 heterocycles. The topological polar surface area (TPSA) is 123 Å². The molecule has 158 valence electrons. The second-order valence-electron chi connectivity index (χ2n) is 6.34. The number of hydrogen-bond acceptors (Lipinski definition) is 6. The predicted octanol–water partition coefficient (Wildman–Crippen LogP) is 2.10. The van der Waals surface area contributed by atoms with Gasteiger partial charge in [0.25, 0.3) is 11.8 Å². The minimum Gasteiger partial charge on any atom is -0.497 e. The molecule has 0 fully saturated rings. The fourth-order valence-electron chi connectivity index (χ4n) is 2.40. The lowest BCUT2D eigenvalue weighted by molar-refractivity contribution is -0.148. The molecule has 3 N–H and O–H groups in total. The van der Waals surface area contributed by atoms with Crippen LogP contribution in [0.5, 0.6) is 5.75 Å². The number of amides is 4. The highest BCUT2D eigenvalue weighted by Gasteiger charge is 2.16. The molecule has 0 spiro atoms.